The molecule has 1 aromatic rings. The van der Waals surface area contributed by atoms with E-state index in [1.165, 1.54) is 5.56 Å². The molecule has 1 aliphatic heterocycles. The van der Waals surface area contributed by atoms with E-state index in [0.29, 0.717) is 5.92 Å². The highest BCUT2D eigenvalue weighted by molar-refractivity contribution is 5.75. The molecule has 80 valence electrons. The predicted octanol–water partition coefficient (Wildman–Crippen LogP) is 1.56. The molecule has 1 aliphatic rings. The average molecular weight is 205 g/mol. The molecule has 1 saturated heterocycles. The minimum absolute atomic E-state index is 0.419. The number of hydrogen-bond donors (Lipinski definition) is 2. The van der Waals surface area contributed by atoms with Crippen LogP contribution in [0.2, 0.25) is 0 Å². The van der Waals surface area contributed by atoms with E-state index in [-0.39, 0.29) is 0 Å². The molecule has 3 heteroatoms. The predicted molar refractivity (Wildman–Crippen MR) is 58.1 cm³/mol. The van der Waals surface area contributed by atoms with Crippen LogP contribution in [0.5, 0.6) is 0 Å². The third-order valence-corrected chi connectivity index (χ3v) is 3.03. The van der Waals surface area contributed by atoms with E-state index in [9.17, 15) is 4.79 Å². The van der Waals surface area contributed by atoms with Gasteiger partial charge in [0.05, 0.1) is 5.92 Å². The molecular weight excluding hydrogens is 190 g/mol. The second kappa shape index (κ2) is 4.03. The lowest BCUT2D eigenvalue weighted by Gasteiger charge is -2.28. The number of hydrogen-bond acceptors (Lipinski definition) is 2. The number of aliphatic carboxylic acids is 1. The highest BCUT2D eigenvalue weighted by Crippen LogP contribution is 2.24. The van der Waals surface area contributed by atoms with Gasteiger partial charge in [-0.15, -0.1) is 0 Å². The van der Waals surface area contributed by atoms with Gasteiger partial charge in [-0.1, -0.05) is 24.3 Å². The first-order chi connectivity index (χ1) is 7.18. The molecule has 0 saturated carbocycles. The van der Waals surface area contributed by atoms with Gasteiger partial charge in [0.1, 0.15) is 0 Å². The Balaban J connectivity index is 2.21. The van der Waals surface area contributed by atoms with Crippen LogP contribution in [0.1, 0.15) is 29.9 Å². The van der Waals surface area contributed by atoms with Crippen molar-refractivity contribution < 1.29 is 9.90 Å². The second-order valence-corrected chi connectivity index (χ2v) is 4.09. The van der Waals surface area contributed by atoms with Gasteiger partial charge in [-0.2, -0.15) is 0 Å². The number of carboxylic acid groups (broad SMARTS) is 1. The summed E-state index contributed by atoms with van der Waals surface area (Å²) in [6.45, 7) is 3.73. The molecule has 1 fully saturated rings. The summed E-state index contributed by atoms with van der Waals surface area (Å²) in [6, 6.07) is 7.92. The molecule has 0 radical (unpaired) electrons. The Labute approximate surface area is 89.1 Å². The van der Waals surface area contributed by atoms with E-state index in [0.717, 1.165) is 18.7 Å². The maximum Gasteiger partial charge on any atom is 0.310 e. The van der Waals surface area contributed by atoms with Crippen molar-refractivity contribution in [2.24, 2.45) is 0 Å². The fourth-order valence-electron chi connectivity index (χ4n) is 1.75. The second-order valence-electron chi connectivity index (χ2n) is 4.09. The molecule has 0 spiro atoms. The van der Waals surface area contributed by atoms with Crippen LogP contribution < -0.4 is 5.32 Å². The first-order valence-electron chi connectivity index (χ1n) is 5.22. The van der Waals surface area contributed by atoms with E-state index in [2.05, 4.69) is 11.4 Å². The molecule has 0 aromatic heterocycles. The van der Waals surface area contributed by atoms with Crippen LogP contribution in [0, 0.1) is 0 Å². The van der Waals surface area contributed by atoms with Gasteiger partial charge >= 0.3 is 5.97 Å². The molecule has 1 atom stereocenters. The lowest BCUT2D eigenvalue weighted by Crippen LogP contribution is -2.39. The van der Waals surface area contributed by atoms with Crippen LogP contribution in [0.25, 0.3) is 0 Å². The van der Waals surface area contributed by atoms with Gasteiger partial charge in [0.2, 0.25) is 0 Å². The van der Waals surface area contributed by atoms with Crippen molar-refractivity contribution in [2.45, 2.75) is 18.8 Å². The van der Waals surface area contributed by atoms with Crippen molar-refractivity contribution in [3.8, 4) is 0 Å². The van der Waals surface area contributed by atoms with Gasteiger partial charge in [0.25, 0.3) is 0 Å². The van der Waals surface area contributed by atoms with Gasteiger partial charge < -0.3 is 10.4 Å². The molecule has 1 unspecified atom stereocenters. The molecule has 3 nitrogen and oxygen atoms in total. The Morgan fingerprint density at radius 2 is 2.27 bits per heavy atom. The number of carboxylic acids is 1. The minimum atomic E-state index is -0.765. The van der Waals surface area contributed by atoms with Crippen LogP contribution in [0.15, 0.2) is 24.3 Å². The molecular formula is C12H15NO2. The van der Waals surface area contributed by atoms with Crippen LogP contribution in [-0.2, 0) is 4.79 Å². The van der Waals surface area contributed by atoms with Crippen molar-refractivity contribution in [3.05, 3.63) is 35.4 Å². The number of rotatable bonds is 3. The average Bonchev–Trinajstić information content (AvgIpc) is 2.14. The molecule has 0 amide bonds. The zero-order valence-corrected chi connectivity index (χ0v) is 8.73. The lowest BCUT2D eigenvalue weighted by molar-refractivity contribution is -0.138. The van der Waals surface area contributed by atoms with Gasteiger partial charge in [-0.25, -0.2) is 0 Å². The van der Waals surface area contributed by atoms with Crippen molar-refractivity contribution >= 4 is 5.97 Å². The highest BCUT2D eigenvalue weighted by Gasteiger charge is 2.20. The molecule has 1 heterocycles. The van der Waals surface area contributed by atoms with E-state index in [1.54, 1.807) is 6.92 Å². The van der Waals surface area contributed by atoms with Gasteiger partial charge in [0.15, 0.2) is 0 Å². The summed E-state index contributed by atoms with van der Waals surface area (Å²) in [6.07, 6.45) is 0. The zero-order valence-electron chi connectivity index (χ0n) is 8.73. The van der Waals surface area contributed by atoms with Gasteiger partial charge in [0, 0.05) is 19.0 Å². The van der Waals surface area contributed by atoms with E-state index >= 15 is 0 Å². The summed E-state index contributed by atoms with van der Waals surface area (Å²) in [5.41, 5.74) is 2.14. The standard InChI is InChI=1S/C12H15NO2/c1-8(12(14)15)9-3-2-4-10(5-9)11-6-13-7-11/h2-5,8,11,13H,6-7H2,1H3,(H,14,15). The Kier molecular flexibility index (Phi) is 2.73. The molecule has 0 bridgehead atoms. The fourth-order valence-corrected chi connectivity index (χ4v) is 1.75. The number of carbonyl (C=O) groups is 1. The summed E-state index contributed by atoms with van der Waals surface area (Å²) >= 11 is 0. The van der Waals surface area contributed by atoms with E-state index < -0.39 is 11.9 Å². The third kappa shape index (κ3) is 2.02. The topological polar surface area (TPSA) is 49.3 Å². The third-order valence-electron chi connectivity index (χ3n) is 3.03. The molecule has 0 aliphatic carbocycles. The summed E-state index contributed by atoms with van der Waals surface area (Å²) in [4.78, 5) is 10.9. The Bertz CT molecular complexity index is 372. The summed E-state index contributed by atoms with van der Waals surface area (Å²) in [5.74, 6) is -0.622. The van der Waals surface area contributed by atoms with Crippen LogP contribution in [0.3, 0.4) is 0 Å². The highest BCUT2D eigenvalue weighted by atomic mass is 16.4. The number of nitrogens with one attached hydrogen (secondary N) is 1. The SMILES string of the molecule is CC(C(=O)O)c1cccc(C2CNC2)c1. The van der Waals surface area contributed by atoms with E-state index in [4.69, 9.17) is 5.11 Å². The number of benzene rings is 1. The first-order valence-corrected chi connectivity index (χ1v) is 5.22. The maximum atomic E-state index is 10.9. The Morgan fingerprint density at radius 3 is 2.80 bits per heavy atom. The Morgan fingerprint density at radius 1 is 1.53 bits per heavy atom. The monoisotopic (exact) mass is 205 g/mol. The zero-order chi connectivity index (χ0) is 10.8. The van der Waals surface area contributed by atoms with E-state index in [1.807, 2.05) is 18.2 Å². The van der Waals surface area contributed by atoms with Crippen molar-refractivity contribution in [3.63, 3.8) is 0 Å². The van der Waals surface area contributed by atoms with Crippen molar-refractivity contribution in [1.82, 2.24) is 5.32 Å². The van der Waals surface area contributed by atoms with Gasteiger partial charge in [-0.3, -0.25) is 4.79 Å². The first kappa shape index (κ1) is 10.2. The quantitative estimate of drug-likeness (QED) is 0.787. The van der Waals surface area contributed by atoms with Crippen molar-refractivity contribution in [2.75, 3.05) is 13.1 Å². The smallest absolute Gasteiger partial charge is 0.310 e. The van der Waals surface area contributed by atoms with Gasteiger partial charge in [-0.05, 0) is 18.1 Å². The Hall–Kier alpha value is -1.35. The fraction of sp³-hybridized carbons (Fsp3) is 0.417. The summed E-state index contributed by atoms with van der Waals surface area (Å²) in [5, 5.41) is 12.1. The van der Waals surface area contributed by atoms with Crippen LogP contribution in [0.4, 0.5) is 0 Å². The largest absolute Gasteiger partial charge is 0.481 e. The van der Waals surface area contributed by atoms with Crippen LogP contribution >= 0.6 is 0 Å². The van der Waals surface area contributed by atoms with Crippen molar-refractivity contribution in [1.29, 1.82) is 0 Å². The molecule has 2 N–H and O–H groups in total. The molecule has 15 heavy (non-hydrogen) atoms. The maximum absolute atomic E-state index is 10.9. The summed E-state index contributed by atoms with van der Waals surface area (Å²) < 4.78 is 0. The molecule has 2 rings (SSSR count). The van der Waals surface area contributed by atoms with Crippen LogP contribution in [-0.4, -0.2) is 24.2 Å². The minimum Gasteiger partial charge on any atom is -0.481 e. The normalized spacial score (nSPS) is 18.2. The molecule has 1 aromatic carbocycles. The lowest BCUT2D eigenvalue weighted by atomic mass is 9.90. The summed E-state index contributed by atoms with van der Waals surface area (Å²) in [7, 11) is 0.